The van der Waals surface area contributed by atoms with E-state index in [2.05, 4.69) is 10.4 Å². The van der Waals surface area contributed by atoms with Crippen LogP contribution in [-0.4, -0.2) is 41.6 Å². The monoisotopic (exact) mass is 393 g/mol. The summed E-state index contributed by atoms with van der Waals surface area (Å²) >= 11 is 0. The number of hydrogen-bond donors (Lipinski definition) is 2. The number of amides is 1. The second-order valence-corrected chi connectivity index (χ2v) is 6.98. The minimum absolute atomic E-state index is 0.114. The molecule has 150 valence electrons. The summed E-state index contributed by atoms with van der Waals surface area (Å²) in [7, 11) is 5.02. The van der Waals surface area contributed by atoms with E-state index in [1.165, 1.54) is 0 Å². The van der Waals surface area contributed by atoms with Crippen LogP contribution in [0.5, 0.6) is 11.5 Å². The fourth-order valence-electron chi connectivity index (χ4n) is 3.80. The zero-order valence-electron chi connectivity index (χ0n) is 16.6. The smallest absolute Gasteiger partial charge is 0.272 e. The van der Waals surface area contributed by atoms with E-state index in [4.69, 9.17) is 9.47 Å². The van der Waals surface area contributed by atoms with E-state index in [0.717, 1.165) is 27.9 Å². The number of rotatable bonds is 6. The van der Waals surface area contributed by atoms with Crippen molar-refractivity contribution in [1.82, 2.24) is 15.1 Å². The number of aliphatic hydroxyl groups is 1. The normalized spacial score (nSPS) is 12.8. The van der Waals surface area contributed by atoms with Crippen LogP contribution in [0.25, 0.3) is 11.3 Å². The van der Waals surface area contributed by atoms with Crippen molar-refractivity contribution in [1.29, 1.82) is 0 Å². The molecule has 1 amide bonds. The Morgan fingerprint density at radius 3 is 2.59 bits per heavy atom. The first-order chi connectivity index (χ1) is 14.0. The van der Waals surface area contributed by atoms with Gasteiger partial charge in [-0.2, -0.15) is 5.10 Å². The van der Waals surface area contributed by atoms with E-state index in [0.29, 0.717) is 23.6 Å². The molecule has 4 rings (SSSR count). The molecule has 0 radical (unpaired) electrons. The number of aromatic nitrogens is 2. The number of nitrogens with zero attached hydrogens (tertiary/aromatic N) is 2. The molecule has 0 saturated heterocycles. The summed E-state index contributed by atoms with van der Waals surface area (Å²) in [6.07, 6.45) is -0.189. The van der Waals surface area contributed by atoms with Gasteiger partial charge < -0.3 is 19.9 Å². The highest BCUT2D eigenvalue weighted by molar-refractivity contribution is 5.97. The third-order valence-electron chi connectivity index (χ3n) is 5.23. The van der Waals surface area contributed by atoms with Gasteiger partial charge in [0.25, 0.3) is 5.91 Å². The van der Waals surface area contributed by atoms with Crippen molar-refractivity contribution >= 4 is 5.91 Å². The first-order valence-electron chi connectivity index (χ1n) is 9.35. The number of nitrogens with one attached hydrogen (secondary N) is 1. The summed E-state index contributed by atoms with van der Waals surface area (Å²) in [5, 5.41) is 17.5. The summed E-state index contributed by atoms with van der Waals surface area (Å²) in [6.45, 7) is 0.114. The highest BCUT2D eigenvalue weighted by atomic mass is 16.5. The number of benzene rings is 2. The third-order valence-corrected chi connectivity index (χ3v) is 5.23. The topological polar surface area (TPSA) is 85.6 Å². The maximum atomic E-state index is 12.8. The SMILES string of the molecule is COc1cc2c(cc1OC)-c1c(c(C(=O)NCC(O)c3ccccc3)nn1C)C2. The van der Waals surface area contributed by atoms with Crippen LogP contribution in [0, 0.1) is 0 Å². The largest absolute Gasteiger partial charge is 0.493 e. The Morgan fingerprint density at radius 2 is 1.90 bits per heavy atom. The summed E-state index contributed by atoms with van der Waals surface area (Å²) in [5.41, 5.74) is 4.93. The van der Waals surface area contributed by atoms with Crippen molar-refractivity contribution in [3.05, 3.63) is 64.8 Å². The predicted molar refractivity (Wildman–Crippen MR) is 108 cm³/mol. The Balaban J connectivity index is 1.58. The molecular weight excluding hydrogens is 370 g/mol. The van der Waals surface area contributed by atoms with Gasteiger partial charge in [0.05, 0.1) is 26.0 Å². The van der Waals surface area contributed by atoms with Gasteiger partial charge in [0.1, 0.15) is 0 Å². The Bertz CT molecular complexity index is 1060. The molecule has 0 saturated carbocycles. The van der Waals surface area contributed by atoms with Crippen molar-refractivity contribution in [3.8, 4) is 22.8 Å². The molecule has 7 nitrogen and oxygen atoms in total. The lowest BCUT2D eigenvalue weighted by molar-refractivity contribution is 0.0910. The summed E-state index contributed by atoms with van der Waals surface area (Å²) < 4.78 is 12.5. The lowest BCUT2D eigenvalue weighted by atomic mass is 10.1. The molecule has 1 unspecified atom stereocenters. The average Bonchev–Trinajstić information content (AvgIpc) is 3.28. The first-order valence-corrected chi connectivity index (χ1v) is 9.35. The lowest BCUT2D eigenvalue weighted by Gasteiger charge is -2.12. The number of carbonyl (C=O) groups is 1. The first kappa shape index (κ1) is 19.0. The van der Waals surface area contributed by atoms with Gasteiger partial charge in [0.15, 0.2) is 17.2 Å². The summed E-state index contributed by atoms with van der Waals surface area (Å²) in [4.78, 5) is 12.8. The molecule has 1 heterocycles. The zero-order chi connectivity index (χ0) is 20.5. The quantitative estimate of drug-likeness (QED) is 0.526. The molecule has 2 N–H and O–H groups in total. The number of methoxy groups -OCH3 is 2. The van der Waals surface area contributed by atoms with Crippen LogP contribution < -0.4 is 14.8 Å². The molecule has 0 fully saturated rings. The Hall–Kier alpha value is -3.32. The van der Waals surface area contributed by atoms with Crippen LogP contribution in [-0.2, 0) is 13.5 Å². The fraction of sp³-hybridized carbons (Fsp3) is 0.273. The standard InChI is InChI=1S/C22H23N3O4/c1-25-21-15-11-19(29-3)18(28-2)10-14(15)9-16(21)20(24-25)22(27)23-12-17(26)13-7-5-4-6-8-13/h4-8,10-11,17,26H,9,12H2,1-3H3,(H,23,27). The molecule has 0 bridgehead atoms. The van der Waals surface area contributed by atoms with Crippen molar-refractivity contribution in [2.75, 3.05) is 20.8 Å². The van der Waals surface area contributed by atoms with E-state index in [-0.39, 0.29) is 12.5 Å². The number of hydrogen-bond acceptors (Lipinski definition) is 5. The van der Waals surface area contributed by atoms with E-state index >= 15 is 0 Å². The lowest BCUT2D eigenvalue weighted by Crippen LogP contribution is -2.29. The molecule has 2 aromatic carbocycles. The van der Waals surface area contributed by atoms with E-state index < -0.39 is 6.10 Å². The molecule has 29 heavy (non-hydrogen) atoms. The van der Waals surface area contributed by atoms with Gasteiger partial charge in [-0.25, -0.2) is 0 Å². The molecule has 3 aromatic rings. The molecule has 1 atom stereocenters. The highest BCUT2D eigenvalue weighted by Gasteiger charge is 2.31. The minimum Gasteiger partial charge on any atom is -0.493 e. The van der Waals surface area contributed by atoms with E-state index in [1.807, 2.05) is 49.5 Å². The zero-order valence-corrected chi connectivity index (χ0v) is 16.6. The van der Waals surface area contributed by atoms with Crippen LogP contribution in [0.15, 0.2) is 42.5 Å². The van der Waals surface area contributed by atoms with Crippen LogP contribution in [0.4, 0.5) is 0 Å². The molecule has 1 aliphatic carbocycles. The van der Waals surface area contributed by atoms with E-state index in [1.54, 1.807) is 18.9 Å². The summed E-state index contributed by atoms with van der Waals surface area (Å²) in [6, 6.07) is 13.1. The maximum absolute atomic E-state index is 12.8. The average molecular weight is 393 g/mol. The number of ether oxygens (including phenoxy) is 2. The van der Waals surface area contributed by atoms with Crippen LogP contribution in [0.3, 0.4) is 0 Å². The van der Waals surface area contributed by atoms with Crippen LogP contribution in [0.2, 0.25) is 0 Å². The van der Waals surface area contributed by atoms with Crippen molar-refractivity contribution in [2.45, 2.75) is 12.5 Å². The molecular formula is C22H23N3O4. The van der Waals surface area contributed by atoms with Gasteiger partial charge in [-0.05, 0) is 23.3 Å². The number of fused-ring (bicyclic) bond motifs is 3. The Labute approximate surface area is 168 Å². The van der Waals surface area contributed by atoms with Gasteiger partial charge in [0.2, 0.25) is 0 Å². The second-order valence-electron chi connectivity index (χ2n) is 6.98. The number of aryl methyl sites for hydroxylation is 1. The Kier molecular flexibility index (Phi) is 4.98. The highest BCUT2D eigenvalue weighted by Crippen LogP contribution is 2.43. The molecule has 7 heteroatoms. The van der Waals surface area contributed by atoms with Gasteiger partial charge in [-0.3, -0.25) is 9.48 Å². The Morgan fingerprint density at radius 1 is 1.21 bits per heavy atom. The minimum atomic E-state index is -0.775. The van der Waals surface area contributed by atoms with Gasteiger partial charge in [0, 0.05) is 31.1 Å². The van der Waals surface area contributed by atoms with Gasteiger partial charge in [-0.1, -0.05) is 30.3 Å². The van der Waals surface area contributed by atoms with E-state index in [9.17, 15) is 9.90 Å². The second kappa shape index (κ2) is 7.60. The van der Waals surface area contributed by atoms with Gasteiger partial charge >= 0.3 is 0 Å². The van der Waals surface area contributed by atoms with Crippen molar-refractivity contribution in [3.63, 3.8) is 0 Å². The summed E-state index contributed by atoms with van der Waals surface area (Å²) in [5.74, 6) is 0.991. The van der Waals surface area contributed by atoms with Crippen LogP contribution >= 0.6 is 0 Å². The fourth-order valence-corrected chi connectivity index (χ4v) is 3.80. The van der Waals surface area contributed by atoms with Crippen LogP contribution in [0.1, 0.15) is 33.3 Å². The molecule has 1 aliphatic rings. The molecule has 1 aromatic heterocycles. The number of carbonyl (C=O) groups excluding carboxylic acids is 1. The van der Waals surface area contributed by atoms with Crippen molar-refractivity contribution in [2.24, 2.45) is 7.05 Å². The number of aliphatic hydroxyl groups excluding tert-OH is 1. The maximum Gasteiger partial charge on any atom is 0.272 e. The van der Waals surface area contributed by atoms with Gasteiger partial charge in [-0.15, -0.1) is 0 Å². The predicted octanol–water partition coefficient (Wildman–Crippen LogP) is 2.47. The third kappa shape index (κ3) is 3.34. The van der Waals surface area contributed by atoms with Crippen molar-refractivity contribution < 1.29 is 19.4 Å². The molecule has 0 spiro atoms. The molecule has 0 aliphatic heterocycles.